The van der Waals surface area contributed by atoms with E-state index in [0.29, 0.717) is 0 Å². The van der Waals surface area contributed by atoms with Crippen molar-refractivity contribution in [3.05, 3.63) is 66.7 Å². The third-order valence-electron chi connectivity index (χ3n) is 3.32. The Hall–Kier alpha value is -1.53. The third kappa shape index (κ3) is 1.91. The summed E-state index contributed by atoms with van der Waals surface area (Å²) >= 11 is 3.14. The normalized spacial score (nSPS) is 15.4. The summed E-state index contributed by atoms with van der Waals surface area (Å²) in [6.45, 7) is 0. The van der Waals surface area contributed by atoms with E-state index in [9.17, 15) is 0 Å². The van der Waals surface area contributed by atoms with E-state index in [4.69, 9.17) is 9.05 Å². The van der Waals surface area contributed by atoms with Gasteiger partial charge >= 0.3 is 124 Å². The fourth-order valence-electron chi connectivity index (χ4n) is 2.33. The summed E-state index contributed by atoms with van der Waals surface area (Å²) in [4.78, 5) is 0. The van der Waals surface area contributed by atoms with E-state index in [1.54, 1.807) is 0 Å². The van der Waals surface area contributed by atoms with Gasteiger partial charge in [-0.15, -0.1) is 0 Å². The van der Waals surface area contributed by atoms with Gasteiger partial charge in [0.1, 0.15) is 0 Å². The molecule has 3 aromatic carbocycles. The predicted octanol–water partition coefficient (Wildman–Crippen LogP) is 3.87. The molecule has 0 N–H and O–H groups in total. The predicted molar refractivity (Wildman–Crippen MR) is 84.0 cm³/mol. The standard InChI is InChI=1S/C16H11O2PSe/c20-19(14-8-2-1-3-9-14)17-15-10-12-6-4-5-7-13(12)11-16(15)18-19/h1-11H. The molecule has 0 aromatic heterocycles. The van der Waals surface area contributed by atoms with Gasteiger partial charge in [-0.05, 0) is 0 Å². The molecule has 4 rings (SSSR count). The van der Waals surface area contributed by atoms with Crippen molar-refractivity contribution in [3.63, 3.8) is 0 Å². The van der Waals surface area contributed by atoms with Crippen LogP contribution in [0.2, 0.25) is 0 Å². The van der Waals surface area contributed by atoms with Gasteiger partial charge < -0.3 is 0 Å². The summed E-state index contributed by atoms with van der Waals surface area (Å²) < 4.78 is 12.2. The molecule has 1 aliphatic rings. The van der Waals surface area contributed by atoms with Crippen molar-refractivity contribution in [1.29, 1.82) is 0 Å². The molecule has 98 valence electrons. The molecular formula is C16H11O2PSe. The van der Waals surface area contributed by atoms with Crippen LogP contribution in [-0.2, 0) is 0 Å². The first-order valence-electron chi connectivity index (χ1n) is 6.32. The van der Waals surface area contributed by atoms with Crippen LogP contribution in [-0.4, -0.2) is 15.1 Å². The summed E-state index contributed by atoms with van der Waals surface area (Å²) in [6, 6.07) is 22.4. The molecule has 4 heteroatoms. The van der Waals surface area contributed by atoms with Crippen molar-refractivity contribution in [2.75, 3.05) is 0 Å². The Morgan fingerprint density at radius 1 is 0.700 bits per heavy atom. The van der Waals surface area contributed by atoms with Gasteiger partial charge in [0, 0.05) is 0 Å². The zero-order valence-electron chi connectivity index (χ0n) is 10.5. The van der Waals surface area contributed by atoms with Crippen molar-refractivity contribution in [2.45, 2.75) is 0 Å². The van der Waals surface area contributed by atoms with E-state index < -0.39 is 5.96 Å². The molecule has 1 aliphatic heterocycles. The van der Waals surface area contributed by atoms with E-state index in [-0.39, 0.29) is 0 Å². The van der Waals surface area contributed by atoms with Crippen molar-refractivity contribution < 1.29 is 9.05 Å². The van der Waals surface area contributed by atoms with Gasteiger partial charge in [0.05, 0.1) is 0 Å². The Morgan fingerprint density at radius 3 is 1.75 bits per heavy atom. The maximum atomic E-state index is 6.12. The van der Waals surface area contributed by atoms with Crippen LogP contribution in [0, 0.1) is 0 Å². The van der Waals surface area contributed by atoms with Crippen molar-refractivity contribution in [2.24, 2.45) is 0 Å². The second kappa shape index (κ2) is 4.49. The molecular weight excluding hydrogens is 334 g/mol. The summed E-state index contributed by atoms with van der Waals surface area (Å²) in [7, 11) is 0. The van der Waals surface area contributed by atoms with Crippen LogP contribution in [0.3, 0.4) is 0 Å². The number of benzene rings is 3. The van der Waals surface area contributed by atoms with Gasteiger partial charge in [-0.2, -0.15) is 0 Å². The Labute approximate surface area is 124 Å². The van der Waals surface area contributed by atoms with Crippen LogP contribution in [0.15, 0.2) is 66.7 Å². The first-order chi connectivity index (χ1) is 9.74. The van der Waals surface area contributed by atoms with Gasteiger partial charge in [0.25, 0.3) is 0 Å². The van der Waals surface area contributed by atoms with Crippen LogP contribution in [0.25, 0.3) is 10.8 Å². The Morgan fingerprint density at radius 2 is 1.20 bits per heavy atom. The Kier molecular flexibility index (Phi) is 2.75. The quantitative estimate of drug-likeness (QED) is 0.492. The van der Waals surface area contributed by atoms with Gasteiger partial charge in [0.15, 0.2) is 0 Å². The van der Waals surface area contributed by atoms with Gasteiger partial charge in [-0.1, -0.05) is 0 Å². The first-order valence-corrected chi connectivity index (χ1v) is 10.2. The van der Waals surface area contributed by atoms with Crippen molar-refractivity contribution >= 4 is 37.1 Å². The number of hydrogen-bond donors (Lipinski definition) is 0. The maximum absolute atomic E-state index is 6.12. The molecule has 0 fully saturated rings. The fourth-order valence-corrected chi connectivity index (χ4v) is 5.70. The Bertz CT molecular complexity index is 797. The van der Waals surface area contributed by atoms with Crippen LogP contribution >= 0.6 is 5.96 Å². The number of rotatable bonds is 1. The molecule has 0 saturated heterocycles. The summed E-state index contributed by atoms with van der Waals surface area (Å²) in [5.41, 5.74) is 0. The fraction of sp³-hybridized carbons (Fsp3) is 0. The number of fused-ring (bicyclic) bond motifs is 2. The zero-order chi connectivity index (χ0) is 13.6. The number of hydrogen-bond acceptors (Lipinski definition) is 2. The molecule has 0 radical (unpaired) electrons. The summed E-state index contributed by atoms with van der Waals surface area (Å²) in [6.07, 6.45) is 0. The molecule has 3 aromatic rings. The second-order valence-electron chi connectivity index (χ2n) is 4.66. The molecule has 0 saturated carbocycles. The minimum absolute atomic E-state index is 0.819. The molecule has 0 atom stereocenters. The monoisotopic (exact) mass is 346 g/mol. The summed E-state index contributed by atoms with van der Waals surface area (Å²) in [5.74, 6) is -0.530. The third-order valence-corrected chi connectivity index (χ3v) is 7.39. The van der Waals surface area contributed by atoms with Crippen molar-refractivity contribution in [3.8, 4) is 11.5 Å². The van der Waals surface area contributed by atoms with E-state index in [0.717, 1.165) is 27.6 Å². The molecule has 1 heterocycles. The minimum atomic E-state index is -2.17. The molecule has 0 aliphatic carbocycles. The molecule has 0 bridgehead atoms. The zero-order valence-corrected chi connectivity index (χ0v) is 13.1. The topological polar surface area (TPSA) is 18.5 Å². The van der Waals surface area contributed by atoms with Crippen LogP contribution in [0.1, 0.15) is 0 Å². The first kappa shape index (κ1) is 12.2. The van der Waals surface area contributed by atoms with Crippen LogP contribution < -0.4 is 14.4 Å². The van der Waals surface area contributed by atoms with Gasteiger partial charge in [0.2, 0.25) is 0 Å². The molecule has 0 spiro atoms. The second-order valence-corrected chi connectivity index (χ2v) is 9.56. The van der Waals surface area contributed by atoms with Crippen LogP contribution in [0.5, 0.6) is 11.5 Å². The van der Waals surface area contributed by atoms with Gasteiger partial charge in [-0.3, -0.25) is 0 Å². The molecule has 0 amide bonds. The molecule has 2 nitrogen and oxygen atoms in total. The van der Waals surface area contributed by atoms with Crippen molar-refractivity contribution in [1.82, 2.24) is 0 Å². The molecule has 20 heavy (non-hydrogen) atoms. The SMILES string of the molecule is [Se]=P1(c2ccccc2)Oc2cc3ccccc3cc2O1. The van der Waals surface area contributed by atoms with E-state index in [1.165, 1.54) is 0 Å². The van der Waals surface area contributed by atoms with E-state index in [1.807, 2.05) is 54.6 Å². The summed E-state index contributed by atoms with van der Waals surface area (Å²) in [5, 5.41) is 3.40. The van der Waals surface area contributed by atoms with Gasteiger partial charge in [-0.25, -0.2) is 0 Å². The van der Waals surface area contributed by atoms with Crippen LogP contribution in [0.4, 0.5) is 0 Å². The molecule has 0 unspecified atom stereocenters. The van der Waals surface area contributed by atoms with E-state index in [2.05, 4.69) is 27.2 Å². The average Bonchev–Trinajstić information content (AvgIpc) is 2.82. The average molecular weight is 345 g/mol. The Balaban J connectivity index is 1.84. The van der Waals surface area contributed by atoms with E-state index >= 15 is 0 Å².